The molecule has 2 aromatic carbocycles. The van der Waals surface area contributed by atoms with Crippen molar-refractivity contribution in [1.82, 2.24) is 4.57 Å². The normalized spacial score (nSPS) is 11.7. The van der Waals surface area contributed by atoms with Crippen LogP contribution in [0.3, 0.4) is 0 Å². The fourth-order valence-electron chi connectivity index (χ4n) is 3.54. The van der Waals surface area contributed by atoms with E-state index in [1.807, 2.05) is 18.5 Å². The number of Topliss-reactive ketones (excluding diaryl/α,β-unsaturated/α-hetero) is 1. The maximum Gasteiger partial charge on any atom is 0.238 e. The van der Waals surface area contributed by atoms with E-state index in [0.717, 1.165) is 16.8 Å². The van der Waals surface area contributed by atoms with Crippen LogP contribution in [-0.2, 0) is 17.1 Å². The number of aryl methyl sites for hydroxylation is 1. The summed E-state index contributed by atoms with van der Waals surface area (Å²) < 4.78 is 38.9. The minimum atomic E-state index is -3.82. The fraction of sp³-hybridized carbons (Fsp3) is 0.227. The van der Waals surface area contributed by atoms with Crippen molar-refractivity contribution in [2.75, 3.05) is 0 Å². The molecule has 0 atom stereocenters. The summed E-state index contributed by atoms with van der Waals surface area (Å²) >= 11 is 0. The van der Waals surface area contributed by atoms with Crippen molar-refractivity contribution in [2.45, 2.75) is 32.1 Å². The minimum Gasteiger partial charge on any atom is -0.344 e. The van der Waals surface area contributed by atoms with Crippen LogP contribution in [0.2, 0.25) is 0 Å². The number of primary sulfonamides is 1. The zero-order valence-electron chi connectivity index (χ0n) is 16.8. The van der Waals surface area contributed by atoms with E-state index in [4.69, 9.17) is 5.14 Å². The molecule has 0 aliphatic carbocycles. The summed E-state index contributed by atoms with van der Waals surface area (Å²) in [6, 6.07) is 11.0. The SMILES string of the molecule is CCC(=O)c1c(-c2ccc(S(N)(=O)=O)cc2)c(-c2ccc(F)c(C)c2)c(C)n1C. The van der Waals surface area contributed by atoms with Gasteiger partial charge < -0.3 is 4.57 Å². The van der Waals surface area contributed by atoms with E-state index in [-0.39, 0.29) is 16.5 Å². The average molecular weight is 415 g/mol. The summed E-state index contributed by atoms with van der Waals surface area (Å²) in [5.41, 5.74) is 4.89. The predicted molar refractivity (Wildman–Crippen MR) is 112 cm³/mol. The van der Waals surface area contributed by atoms with Gasteiger partial charge in [0.25, 0.3) is 0 Å². The molecule has 0 amide bonds. The number of ketones is 1. The van der Waals surface area contributed by atoms with Crippen LogP contribution in [0.5, 0.6) is 0 Å². The molecule has 2 N–H and O–H groups in total. The maximum atomic E-state index is 13.8. The van der Waals surface area contributed by atoms with Gasteiger partial charge in [0.2, 0.25) is 10.0 Å². The summed E-state index contributed by atoms with van der Waals surface area (Å²) in [5, 5.41) is 5.20. The van der Waals surface area contributed by atoms with Gasteiger partial charge in [0.1, 0.15) is 5.82 Å². The molecule has 0 fully saturated rings. The van der Waals surface area contributed by atoms with Gasteiger partial charge in [-0.05, 0) is 54.8 Å². The molecule has 29 heavy (non-hydrogen) atoms. The van der Waals surface area contributed by atoms with Gasteiger partial charge in [-0.1, -0.05) is 25.1 Å². The Labute approximate surface area is 170 Å². The number of nitrogens with two attached hydrogens (primary N) is 1. The third-order valence-corrected chi connectivity index (χ3v) is 6.12. The lowest BCUT2D eigenvalue weighted by Crippen LogP contribution is -2.11. The molecule has 0 spiro atoms. The van der Waals surface area contributed by atoms with E-state index in [1.165, 1.54) is 18.2 Å². The molecule has 3 rings (SSSR count). The monoisotopic (exact) mass is 414 g/mol. The lowest BCUT2D eigenvalue weighted by atomic mass is 9.93. The molecule has 0 bridgehead atoms. The second kappa shape index (κ2) is 7.57. The molecule has 0 saturated carbocycles. The second-order valence-corrected chi connectivity index (χ2v) is 8.61. The number of carbonyl (C=O) groups excluding carboxylic acids is 1. The number of sulfonamides is 1. The van der Waals surface area contributed by atoms with Crippen molar-refractivity contribution in [1.29, 1.82) is 0 Å². The largest absolute Gasteiger partial charge is 0.344 e. The molecule has 0 saturated heterocycles. The first-order chi connectivity index (χ1) is 13.6. The first-order valence-corrected chi connectivity index (χ1v) is 10.7. The molecular weight excluding hydrogens is 391 g/mol. The zero-order valence-corrected chi connectivity index (χ0v) is 17.6. The van der Waals surface area contributed by atoms with Crippen molar-refractivity contribution in [3.8, 4) is 22.3 Å². The summed E-state index contributed by atoms with van der Waals surface area (Å²) in [6.07, 6.45) is 0.321. The van der Waals surface area contributed by atoms with Crippen molar-refractivity contribution in [2.24, 2.45) is 12.2 Å². The van der Waals surface area contributed by atoms with Crippen LogP contribution in [0.1, 0.15) is 35.1 Å². The molecule has 0 aliphatic heterocycles. The Bertz CT molecular complexity index is 1210. The molecular formula is C22H23FN2O3S. The van der Waals surface area contributed by atoms with E-state index in [0.29, 0.717) is 28.8 Å². The third kappa shape index (κ3) is 3.75. The van der Waals surface area contributed by atoms with Gasteiger partial charge in [0.05, 0.1) is 10.6 Å². The molecule has 7 heteroatoms. The van der Waals surface area contributed by atoms with Gasteiger partial charge in [-0.25, -0.2) is 17.9 Å². The summed E-state index contributed by atoms with van der Waals surface area (Å²) in [4.78, 5) is 12.8. The first-order valence-electron chi connectivity index (χ1n) is 9.18. The maximum absolute atomic E-state index is 13.8. The summed E-state index contributed by atoms with van der Waals surface area (Å²) in [5.74, 6) is -0.336. The standard InChI is InChI=1S/C22H23FN2O3S/c1-5-19(26)22-21(15-6-9-17(10-7-15)29(24,27)28)20(14(3)25(22)4)16-8-11-18(23)13(2)12-16/h6-12H,5H2,1-4H3,(H2,24,27,28). The number of nitrogens with zero attached hydrogens (tertiary/aromatic N) is 1. The smallest absolute Gasteiger partial charge is 0.238 e. The molecule has 5 nitrogen and oxygen atoms in total. The molecule has 0 unspecified atom stereocenters. The van der Waals surface area contributed by atoms with Crippen molar-refractivity contribution in [3.05, 3.63) is 65.2 Å². The highest BCUT2D eigenvalue weighted by Crippen LogP contribution is 2.40. The van der Waals surface area contributed by atoms with Crippen LogP contribution in [0.25, 0.3) is 22.3 Å². The highest BCUT2D eigenvalue weighted by Gasteiger charge is 2.25. The van der Waals surface area contributed by atoms with E-state index in [9.17, 15) is 17.6 Å². The predicted octanol–water partition coefficient (Wildman–Crippen LogP) is 4.36. The number of carbonyl (C=O) groups is 1. The fourth-order valence-corrected chi connectivity index (χ4v) is 4.06. The highest BCUT2D eigenvalue weighted by atomic mass is 32.2. The van der Waals surface area contributed by atoms with Gasteiger partial charge in [-0.2, -0.15) is 0 Å². The van der Waals surface area contributed by atoms with Crippen LogP contribution in [-0.4, -0.2) is 18.8 Å². The lowest BCUT2D eigenvalue weighted by Gasteiger charge is -2.10. The topological polar surface area (TPSA) is 82.2 Å². The lowest BCUT2D eigenvalue weighted by molar-refractivity contribution is 0.0981. The van der Waals surface area contributed by atoms with E-state index in [1.54, 1.807) is 38.1 Å². The quantitative estimate of drug-likeness (QED) is 0.630. The highest BCUT2D eigenvalue weighted by molar-refractivity contribution is 7.89. The Morgan fingerprint density at radius 3 is 2.14 bits per heavy atom. The Hall–Kier alpha value is -2.77. The second-order valence-electron chi connectivity index (χ2n) is 7.05. The van der Waals surface area contributed by atoms with Crippen molar-refractivity contribution >= 4 is 15.8 Å². The third-order valence-electron chi connectivity index (χ3n) is 5.19. The number of hydrogen-bond acceptors (Lipinski definition) is 3. The van der Waals surface area contributed by atoms with Gasteiger partial charge in [-0.3, -0.25) is 4.79 Å². The van der Waals surface area contributed by atoms with E-state index >= 15 is 0 Å². The van der Waals surface area contributed by atoms with Crippen molar-refractivity contribution < 1.29 is 17.6 Å². The van der Waals surface area contributed by atoms with Gasteiger partial charge in [0.15, 0.2) is 5.78 Å². The Morgan fingerprint density at radius 1 is 1.03 bits per heavy atom. The zero-order chi connectivity index (χ0) is 21.5. The molecule has 3 aromatic rings. The molecule has 1 heterocycles. The molecule has 0 aliphatic rings. The Kier molecular flexibility index (Phi) is 5.47. The Balaban J connectivity index is 2.35. The first kappa shape index (κ1) is 21.0. The van der Waals surface area contributed by atoms with Gasteiger partial charge in [0, 0.05) is 30.3 Å². The average Bonchev–Trinajstić information content (AvgIpc) is 2.94. The van der Waals surface area contributed by atoms with Gasteiger partial charge >= 0.3 is 0 Å². The van der Waals surface area contributed by atoms with Crippen LogP contribution in [0, 0.1) is 19.7 Å². The summed E-state index contributed by atoms with van der Waals surface area (Å²) in [6.45, 7) is 5.39. The van der Waals surface area contributed by atoms with Crippen molar-refractivity contribution in [3.63, 3.8) is 0 Å². The number of benzene rings is 2. The van der Waals surface area contributed by atoms with Crippen LogP contribution in [0.4, 0.5) is 4.39 Å². The number of halogens is 1. The van der Waals surface area contributed by atoms with Crippen LogP contribution < -0.4 is 5.14 Å². The van der Waals surface area contributed by atoms with E-state index in [2.05, 4.69) is 0 Å². The molecule has 152 valence electrons. The molecule has 1 aromatic heterocycles. The van der Waals surface area contributed by atoms with Gasteiger partial charge in [-0.15, -0.1) is 0 Å². The molecule has 0 radical (unpaired) electrons. The number of aromatic nitrogens is 1. The van der Waals surface area contributed by atoms with Crippen LogP contribution >= 0.6 is 0 Å². The number of hydrogen-bond donors (Lipinski definition) is 1. The minimum absolute atomic E-state index is 0.00329. The Morgan fingerprint density at radius 2 is 1.62 bits per heavy atom. The van der Waals surface area contributed by atoms with E-state index < -0.39 is 10.0 Å². The number of rotatable bonds is 5. The summed E-state index contributed by atoms with van der Waals surface area (Å²) in [7, 11) is -2.00. The van der Waals surface area contributed by atoms with Crippen LogP contribution in [0.15, 0.2) is 47.4 Å².